The first-order chi connectivity index (χ1) is 45.4. The number of rotatable bonds is 11. The van der Waals surface area contributed by atoms with Crippen LogP contribution in [0.4, 0.5) is 0 Å². The van der Waals surface area contributed by atoms with Crippen molar-refractivity contribution in [3.8, 4) is 34.4 Å². The van der Waals surface area contributed by atoms with E-state index in [0.717, 1.165) is 83.0 Å². The minimum Gasteiger partial charge on any atom is -1.00 e. The van der Waals surface area contributed by atoms with Gasteiger partial charge in [-0.05, 0) is 127 Å². The van der Waals surface area contributed by atoms with E-state index in [2.05, 4.69) is 107 Å². The number of carboxylic acids is 1. The molecule has 12 rings (SSSR count). The number of halogens is 5. The van der Waals surface area contributed by atoms with Crippen LogP contribution in [0.15, 0.2) is 172 Å². The van der Waals surface area contributed by atoms with E-state index in [9.17, 15) is 39.6 Å². The standard InChI is InChI=1S/C21H14N2O2S.C19H10N2O2S.C10H8BrNO2S.C6H3BrClNO.C5H3BrClN.C4H8O2S.CH2O3.CH4.2K.Li.H2O.H/c1-2-25-21(24)19-9-14-11-23-12-18(20(14)26-19)17-8-7-13(10-22)15-5-3-4-6-16(15)17;20-8-11-5-6-15(14-4-2-1-3-13(11)14)16-10-21-9-12-7-17(19(22)23)24-18(12)16;1-2-14-10(13)8-3-6-4-12-5-7(11)9(6)15-8;7-5-2-9-1-4(3-10)6(5)8;6-4-3-8-2-1-5(4)7;1-2-6-4(5)3-7;2-1-4-3;;;;;;/h3-9,11-12H,2H2,1H3;1-7,9-10H,(H,22,23);3-5H,2H2,1H3;1-3H;1-3H;7H,2-3H2,1H3;1,3H;1H4;;;;1H2;/q;;;;;;;;3*+1;;-1/p-2. The summed E-state index contributed by atoms with van der Waals surface area (Å²) in [7, 11) is 0. The Bertz CT molecular complexity index is 4790. The molecule has 0 amide bonds. The summed E-state index contributed by atoms with van der Waals surface area (Å²) in [5.74, 6) is -1.61. The molecular weight excluding hydrogens is 1630 g/mol. The number of aromatic nitrogens is 5. The Morgan fingerprint density at radius 1 is 0.586 bits per heavy atom. The van der Waals surface area contributed by atoms with Crippen LogP contribution in [0.5, 0.6) is 0 Å². The van der Waals surface area contributed by atoms with Gasteiger partial charge in [-0.1, -0.05) is 91.3 Å². The number of carbonyl (C=O) groups is 6. The quantitative estimate of drug-likeness (QED) is 0.0233. The molecule has 0 aliphatic heterocycles. The normalized spacial score (nSPS) is 9.54. The average molecular weight is 1690 g/mol. The predicted molar refractivity (Wildman–Crippen MR) is 387 cm³/mol. The molecule has 8 heterocycles. The minimum absolute atomic E-state index is 0. The van der Waals surface area contributed by atoms with E-state index in [1.165, 1.54) is 46.4 Å². The molecule has 0 aliphatic rings. The molecule has 20 nitrogen and oxygen atoms in total. The van der Waals surface area contributed by atoms with Gasteiger partial charge in [0.05, 0.1) is 82.6 Å². The van der Waals surface area contributed by atoms with Gasteiger partial charge in [0.25, 0.3) is 6.47 Å². The number of carboxylic acid groups (broad SMARTS) is 1. The Kier molecular flexibility index (Phi) is 44.9. The van der Waals surface area contributed by atoms with Crippen LogP contribution in [-0.4, -0.2) is 97.7 Å². The zero-order chi connectivity index (χ0) is 68.3. The van der Waals surface area contributed by atoms with Crippen molar-refractivity contribution in [2.24, 2.45) is 0 Å². The molecule has 0 atom stereocenters. The third-order valence-corrected chi connectivity index (χ3v) is 19.3. The van der Waals surface area contributed by atoms with Gasteiger partial charge in [-0.3, -0.25) is 39.3 Å². The second kappa shape index (κ2) is 48.2. The van der Waals surface area contributed by atoms with Crippen molar-refractivity contribution >= 4 is 206 Å². The zero-order valence-electron chi connectivity index (χ0n) is 53.6. The van der Waals surface area contributed by atoms with Crippen LogP contribution in [0.1, 0.15) is 80.1 Å². The van der Waals surface area contributed by atoms with E-state index >= 15 is 0 Å². The van der Waals surface area contributed by atoms with Gasteiger partial charge in [-0.2, -0.15) is 23.2 Å². The van der Waals surface area contributed by atoms with Crippen LogP contribution in [-0.2, 0) is 28.7 Å². The van der Waals surface area contributed by atoms with Gasteiger partial charge in [0.15, 0.2) is 6.29 Å². The molecule has 0 radical (unpaired) electrons. The van der Waals surface area contributed by atoms with Gasteiger partial charge in [0.2, 0.25) is 0 Å². The van der Waals surface area contributed by atoms with Crippen molar-refractivity contribution in [2.75, 3.05) is 25.6 Å². The van der Waals surface area contributed by atoms with Gasteiger partial charge in [-0.15, -0.1) is 34.0 Å². The monoisotopic (exact) mass is 1680 g/mol. The van der Waals surface area contributed by atoms with E-state index in [1.807, 2.05) is 79.0 Å². The number of ether oxygens (including phenoxy) is 3. The van der Waals surface area contributed by atoms with Crippen LogP contribution in [0.25, 0.3) is 74.1 Å². The van der Waals surface area contributed by atoms with Crippen LogP contribution in [0.2, 0.25) is 10.0 Å². The van der Waals surface area contributed by atoms with Crippen LogP contribution < -0.4 is 127 Å². The Balaban J connectivity index is 0.00000122. The number of esters is 3. The summed E-state index contributed by atoms with van der Waals surface area (Å²) in [5, 5.41) is 43.9. The number of fused-ring (bicyclic) bond motifs is 5. The van der Waals surface area contributed by atoms with Gasteiger partial charge < -0.3 is 36.4 Å². The summed E-state index contributed by atoms with van der Waals surface area (Å²) in [6.45, 7) is 6.36. The van der Waals surface area contributed by atoms with E-state index < -0.39 is 5.97 Å². The average Bonchev–Trinajstić information content (AvgIpc) is 1.35. The van der Waals surface area contributed by atoms with Gasteiger partial charge in [-0.25, -0.2) is 14.4 Å². The summed E-state index contributed by atoms with van der Waals surface area (Å²) >= 11 is 28.8. The molecule has 0 bridgehead atoms. The number of aromatic carboxylic acids is 1. The molecule has 0 spiro atoms. The first kappa shape index (κ1) is 92.2. The SMILES string of the molecule is C.CCOC(=O)CS.CCOC(=O)c1cc2cncc(-c3ccc(C#N)c4ccccc34)c2s1.CCOC(=O)c1cc2cncc(Br)c2s1.Clc1ccncc1Br.N#Cc1ccc(-c2cncc3cc(C(=O)O)sc23)c2ccccc12.O=CO[O-].O=Cc1cncc(Br)c1Cl.[H-].[K+].[K+].[Li+].[OH-]. The number of benzene rings is 4. The Hall–Kier alpha value is -4.81. The van der Waals surface area contributed by atoms with Crippen molar-refractivity contribution in [3.63, 3.8) is 0 Å². The van der Waals surface area contributed by atoms with Crippen molar-refractivity contribution < 1.29 is 187 Å². The maximum atomic E-state index is 12.1. The van der Waals surface area contributed by atoms with Crippen molar-refractivity contribution in [3.05, 3.63) is 214 Å². The molecule has 0 fully saturated rings. The van der Waals surface area contributed by atoms with E-state index in [1.54, 1.807) is 88.4 Å². The first-order valence-electron chi connectivity index (χ1n) is 27.1. The zero-order valence-corrected chi connectivity index (χ0v) is 68.4. The molecular formula is C67H53Br3Cl2K2LiN7O13S4. The summed E-state index contributed by atoms with van der Waals surface area (Å²) in [5.41, 5.74) is 5.43. The van der Waals surface area contributed by atoms with Crippen molar-refractivity contribution in [2.45, 2.75) is 28.2 Å². The summed E-state index contributed by atoms with van der Waals surface area (Å²) in [6.07, 6.45) is 17.4. The first-order valence-corrected chi connectivity index (χ1v) is 33.3. The van der Waals surface area contributed by atoms with Crippen molar-refractivity contribution in [1.82, 2.24) is 24.9 Å². The summed E-state index contributed by atoms with van der Waals surface area (Å²) in [6, 6.07) is 34.5. The number of nitrogens with zero attached hydrogens (tertiary/aromatic N) is 7. The number of thiol groups is 1. The number of carbonyl (C=O) groups excluding carboxylic acids is 5. The molecule has 32 heteroatoms. The fourth-order valence-corrected chi connectivity index (χ4v) is 12.8. The predicted octanol–water partition coefficient (Wildman–Crippen LogP) is 8.39. The molecule has 0 unspecified atom stereocenters. The molecule has 0 aliphatic carbocycles. The van der Waals surface area contributed by atoms with Gasteiger partial charge in [0.1, 0.15) is 14.6 Å². The fraction of sp³-hybridized carbons (Fsp3) is 0.119. The largest absolute Gasteiger partial charge is 1.00 e. The summed E-state index contributed by atoms with van der Waals surface area (Å²) < 4.78 is 19.8. The molecule has 2 N–H and O–H groups in total. The number of pyridine rings is 5. The third-order valence-electron chi connectivity index (χ3n) is 12.2. The number of nitriles is 2. The molecule has 496 valence electrons. The number of hydrogen-bond acceptors (Lipinski definition) is 23. The van der Waals surface area contributed by atoms with E-state index in [-0.39, 0.29) is 171 Å². The smallest absolute Gasteiger partial charge is 1.00 e. The molecule has 99 heavy (non-hydrogen) atoms. The Labute approximate surface area is 719 Å². The van der Waals surface area contributed by atoms with Crippen LogP contribution in [0.3, 0.4) is 0 Å². The molecule has 12 aromatic rings. The third kappa shape index (κ3) is 26.1. The second-order valence-electron chi connectivity index (χ2n) is 18.1. The van der Waals surface area contributed by atoms with E-state index in [0.29, 0.717) is 67.1 Å². The van der Waals surface area contributed by atoms with Crippen LogP contribution >= 0.6 is 118 Å². The number of thiophene rings is 3. The number of hydrogen-bond donors (Lipinski definition) is 2. The maximum Gasteiger partial charge on any atom is 1.00 e. The van der Waals surface area contributed by atoms with Crippen LogP contribution in [0, 0.1) is 22.7 Å². The second-order valence-corrected chi connectivity index (χ2v) is 24.9. The topological polar surface area (TPSA) is 325 Å². The number of aldehydes is 1. The van der Waals surface area contributed by atoms with E-state index in [4.69, 9.17) is 42.7 Å². The van der Waals surface area contributed by atoms with Gasteiger partial charge in [0, 0.05) is 109 Å². The maximum absolute atomic E-state index is 12.1. The Morgan fingerprint density at radius 2 is 0.990 bits per heavy atom. The van der Waals surface area contributed by atoms with Gasteiger partial charge >= 0.3 is 146 Å². The molecule has 8 aromatic heterocycles. The minimum atomic E-state index is -0.938. The molecule has 0 saturated heterocycles. The fourth-order valence-electron chi connectivity index (χ4n) is 8.29. The molecule has 0 saturated carbocycles. The Morgan fingerprint density at radius 3 is 1.36 bits per heavy atom. The summed E-state index contributed by atoms with van der Waals surface area (Å²) in [4.78, 5) is 88.1. The van der Waals surface area contributed by atoms with Crippen molar-refractivity contribution in [1.29, 1.82) is 10.5 Å². The molecule has 4 aromatic carbocycles.